The van der Waals surface area contributed by atoms with Crippen molar-refractivity contribution in [3.63, 3.8) is 0 Å². The van der Waals surface area contributed by atoms with Crippen LogP contribution in [0.25, 0.3) is 0 Å². The highest BCUT2D eigenvalue weighted by Gasteiger charge is 2.35. The topological polar surface area (TPSA) is 74.8 Å². The van der Waals surface area contributed by atoms with E-state index in [0.717, 1.165) is 31.9 Å². The second kappa shape index (κ2) is 7.35. The Morgan fingerprint density at radius 1 is 1.33 bits per heavy atom. The molecule has 2 aliphatic rings. The predicted octanol–water partition coefficient (Wildman–Crippen LogP) is 0.679. The van der Waals surface area contributed by atoms with Crippen LogP contribution in [0.1, 0.15) is 20.3 Å². The summed E-state index contributed by atoms with van der Waals surface area (Å²) in [4.78, 5) is 6.76. The fourth-order valence-corrected chi connectivity index (χ4v) is 5.18. The average molecular weight is 354 g/mol. The van der Waals surface area contributed by atoms with Crippen LogP contribution in [-0.4, -0.2) is 69.2 Å². The molecule has 2 saturated heterocycles. The van der Waals surface area contributed by atoms with E-state index in [1.165, 1.54) is 6.20 Å². The van der Waals surface area contributed by atoms with E-state index in [9.17, 15) is 8.42 Å². The summed E-state index contributed by atoms with van der Waals surface area (Å²) in [5.41, 5.74) is 0. The molecule has 1 atom stereocenters. The Bertz CT molecular complexity index is 636. The minimum absolute atomic E-state index is 0.00826. The van der Waals surface area contributed by atoms with Gasteiger partial charge in [0.2, 0.25) is 10.0 Å². The lowest BCUT2D eigenvalue weighted by Gasteiger charge is -2.31. The summed E-state index contributed by atoms with van der Waals surface area (Å²) in [6, 6.07) is 3.39. The van der Waals surface area contributed by atoms with Crippen molar-refractivity contribution in [3.05, 3.63) is 18.3 Å². The van der Waals surface area contributed by atoms with Gasteiger partial charge in [0.05, 0.1) is 13.2 Å². The molecule has 1 aromatic rings. The Balaban J connectivity index is 1.82. The van der Waals surface area contributed by atoms with Gasteiger partial charge >= 0.3 is 0 Å². The lowest BCUT2D eigenvalue weighted by molar-refractivity contribution is 0.122. The summed E-state index contributed by atoms with van der Waals surface area (Å²) < 4.78 is 33.1. The maximum Gasteiger partial charge on any atom is 0.245 e. The molecule has 134 valence electrons. The number of nitrogens with zero attached hydrogens (tertiary/aromatic N) is 3. The molecular weight excluding hydrogens is 328 g/mol. The summed E-state index contributed by atoms with van der Waals surface area (Å²) in [6.45, 7) is 8.33. The number of pyridine rings is 1. The van der Waals surface area contributed by atoms with Crippen LogP contribution >= 0.6 is 0 Å². The van der Waals surface area contributed by atoms with Gasteiger partial charge < -0.3 is 15.0 Å². The third-order valence-electron chi connectivity index (χ3n) is 4.53. The fourth-order valence-electron chi connectivity index (χ4n) is 3.38. The van der Waals surface area contributed by atoms with E-state index in [4.69, 9.17) is 4.74 Å². The van der Waals surface area contributed by atoms with E-state index in [2.05, 4.69) is 15.2 Å². The Hall–Kier alpha value is -1.22. The lowest BCUT2D eigenvalue weighted by atomic mass is 10.2. The summed E-state index contributed by atoms with van der Waals surface area (Å²) in [7, 11) is -3.54. The summed E-state index contributed by atoms with van der Waals surface area (Å²) in [6.07, 6.45) is 2.33. The number of nitrogens with one attached hydrogen (secondary N) is 1. The second-order valence-corrected chi connectivity index (χ2v) is 8.37. The lowest BCUT2D eigenvalue weighted by Crippen LogP contribution is -2.45. The highest BCUT2D eigenvalue weighted by atomic mass is 32.2. The molecule has 8 heteroatoms. The van der Waals surface area contributed by atoms with Crippen LogP contribution in [0.4, 0.5) is 5.82 Å². The quantitative estimate of drug-likeness (QED) is 0.838. The molecule has 7 nitrogen and oxygen atoms in total. The van der Waals surface area contributed by atoms with Gasteiger partial charge in [0.15, 0.2) is 0 Å². The van der Waals surface area contributed by atoms with Crippen molar-refractivity contribution in [2.75, 3.05) is 44.3 Å². The molecule has 24 heavy (non-hydrogen) atoms. The molecule has 0 spiro atoms. The molecule has 2 aliphatic heterocycles. The zero-order chi connectivity index (χ0) is 17.2. The van der Waals surface area contributed by atoms with Crippen molar-refractivity contribution >= 4 is 15.8 Å². The molecule has 1 N–H and O–H groups in total. The summed E-state index contributed by atoms with van der Waals surface area (Å²) in [5.74, 6) is 0.802. The molecule has 0 aliphatic carbocycles. The number of hydrogen-bond acceptors (Lipinski definition) is 6. The largest absolute Gasteiger partial charge is 0.378 e. The molecule has 3 rings (SSSR count). The average Bonchev–Trinajstić information content (AvgIpc) is 3.09. The van der Waals surface area contributed by atoms with Gasteiger partial charge in [-0.05, 0) is 38.9 Å². The van der Waals surface area contributed by atoms with E-state index < -0.39 is 10.0 Å². The van der Waals surface area contributed by atoms with E-state index in [-0.39, 0.29) is 17.0 Å². The van der Waals surface area contributed by atoms with E-state index >= 15 is 0 Å². The van der Waals surface area contributed by atoms with Crippen molar-refractivity contribution in [2.24, 2.45) is 0 Å². The smallest absolute Gasteiger partial charge is 0.245 e. The molecule has 0 aromatic carbocycles. The van der Waals surface area contributed by atoms with Crippen LogP contribution < -0.4 is 10.2 Å². The maximum atomic E-state index is 13.1. The molecule has 1 aromatic heterocycles. The standard InChI is InChI=1S/C16H26N4O3S/c1-13(2)20(14-5-6-17-11-14)24(21,22)15-3-4-16(18-12-15)19-7-9-23-10-8-19/h3-4,12-14,17H,5-11H2,1-2H3/t14-/m1/s1. The first-order valence-corrected chi connectivity index (χ1v) is 9.97. The van der Waals surface area contributed by atoms with E-state index in [1.807, 2.05) is 13.8 Å². The minimum Gasteiger partial charge on any atom is -0.378 e. The Kier molecular flexibility index (Phi) is 5.39. The first-order chi connectivity index (χ1) is 11.5. The van der Waals surface area contributed by atoms with Crippen molar-refractivity contribution in [3.8, 4) is 0 Å². The number of sulfonamides is 1. The molecule has 0 amide bonds. The third-order valence-corrected chi connectivity index (χ3v) is 6.65. The molecule has 3 heterocycles. The maximum absolute atomic E-state index is 13.1. The Morgan fingerprint density at radius 2 is 2.08 bits per heavy atom. The highest BCUT2D eigenvalue weighted by molar-refractivity contribution is 7.89. The van der Waals surface area contributed by atoms with Gasteiger partial charge in [-0.2, -0.15) is 4.31 Å². The molecular formula is C16H26N4O3S. The van der Waals surface area contributed by atoms with Crippen LogP contribution in [0.3, 0.4) is 0 Å². The Morgan fingerprint density at radius 3 is 2.62 bits per heavy atom. The SMILES string of the molecule is CC(C)N([C@@H]1CCNC1)S(=O)(=O)c1ccc(N2CCOCC2)nc1. The third kappa shape index (κ3) is 3.56. The number of hydrogen-bond donors (Lipinski definition) is 1. The van der Waals surface area contributed by atoms with Crippen molar-refractivity contribution in [1.82, 2.24) is 14.6 Å². The van der Waals surface area contributed by atoms with Gasteiger partial charge in [0.1, 0.15) is 10.7 Å². The highest BCUT2D eigenvalue weighted by Crippen LogP contribution is 2.24. The van der Waals surface area contributed by atoms with Crippen LogP contribution in [0.2, 0.25) is 0 Å². The minimum atomic E-state index is -3.54. The molecule has 0 unspecified atom stereocenters. The Labute approximate surface area is 144 Å². The first kappa shape index (κ1) is 17.6. The van der Waals surface area contributed by atoms with Crippen LogP contribution in [-0.2, 0) is 14.8 Å². The van der Waals surface area contributed by atoms with Gasteiger partial charge in [-0.15, -0.1) is 0 Å². The van der Waals surface area contributed by atoms with Gasteiger partial charge in [-0.3, -0.25) is 0 Å². The normalized spacial score (nSPS) is 22.5. The number of rotatable bonds is 5. The molecule has 0 bridgehead atoms. The van der Waals surface area contributed by atoms with Crippen LogP contribution in [0.15, 0.2) is 23.2 Å². The number of aromatic nitrogens is 1. The van der Waals surface area contributed by atoms with Gasteiger partial charge in [0, 0.05) is 37.9 Å². The predicted molar refractivity (Wildman–Crippen MR) is 92.7 cm³/mol. The van der Waals surface area contributed by atoms with Crippen LogP contribution in [0, 0.1) is 0 Å². The monoisotopic (exact) mass is 354 g/mol. The first-order valence-electron chi connectivity index (χ1n) is 8.53. The number of ether oxygens (including phenoxy) is 1. The van der Waals surface area contributed by atoms with Crippen LogP contribution in [0.5, 0.6) is 0 Å². The second-order valence-electron chi connectivity index (χ2n) is 6.53. The van der Waals surface area contributed by atoms with Crippen molar-refractivity contribution in [2.45, 2.75) is 37.2 Å². The zero-order valence-corrected chi connectivity index (χ0v) is 15.1. The zero-order valence-electron chi connectivity index (χ0n) is 14.3. The van der Waals surface area contributed by atoms with Crippen molar-refractivity contribution < 1.29 is 13.2 Å². The van der Waals surface area contributed by atoms with Gasteiger partial charge in [0.25, 0.3) is 0 Å². The van der Waals surface area contributed by atoms with Gasteiger partial charge in [-0.25, -0.2) is 13.4 Å². The molecule has 0 radical (unpaired) electrons. The molecule has 2 fully saturated rings. The summed E-state index contributed by atoms with van der Waals surface area (Å²) in [5, 5.41) is 3.24. The summed E-state index contributed by atoms with van der Waals surface area (Å²) >= 11 is 0. The molecule has 0 saturated carbocycles. The van der Waals surface area contributed by atoms with Gasteiger partial charge in [-0.1, -0.05) is 0 Å². The number of anilines is 1. The number of morpholine rings is 1. The fraction of sp³-hybridized carbons (Fsp3) is 0.688. The van der Waals surface area contributed by atoms with Crippen molar-refractivity contribution in [1.29, 1.82) is 0 Å². The van der Waals surface area contributed by atoms with E-state index in [0.29, 0.717) is 19.8 Å². The van der Waals surface area contributed by atoms with E-state index in [1.54, 1.807) is 16.4 Å².